The highest BCUT2D eigenvalue weighted by Gasteiger charge is 2.22. The lowest BCUT2D eigenvalue weighted by atomic mass is 10.1. The van der Waals surface area contributed by atoms with E-state index < -0.39 is 0 Å². The van der Waals surface area contributed by atoms with Gasteiger partial charge in [-0.2, -0.15) is 0 Å². The Morgan fingerprint density at radius 3 is 2.50 bits per heavy atom. The molecule has 1 saturated heterocycles. The highest BCUT2D eigenvalue weighted by atomic mass is 16.2. The number of benzene rings is 1. The monoisotopic (exact) mass is 324 g/mol. The van der Waals surface area contributed by atoms with E-state index in [1.54, 1.807) is 6.07 Å². The number of anilines is 1. The molecule has 0 bridgehead atoms. The van der Waals surface area contributed by atoms with Crippen molar-refractivity contribution in [3.8, 4) is 0 Å². The number of hydrogen-bond acceptors (Lipinski definition) is 4. The molecule has 1 aromatic carbocycles. The normalized spacial score (nSPS) is 15.5. The molecule has 126 valence electrons. The molecule has 3 rings (SSSR count). The van der Waals surface area contributed by atoms with E-state index >= 15 is 0 Å². The minimum atomic E-state index is 0.0539. The second kappa shape index (κ2) is 7.45. The Bertz CT molecular complexity index is 694. The van der Waals surface area contributed by atoms with Gasteiger partial charge in [-0.15, -0.1) is 0 Å². The lowest BCUT2D eigenvalue weighted by Gasteiger charge is -2.34. The van der Waals surface area contributed by atoms with Gasteiger partial charge in [0.15, 0.2) is 0 Å². The van der Waals surface area contributed by atoms with Crippen molar-refractivity contribution in [3.63, 3.8) is 0 Å². The highest BCUT2D eigenvalue weighted by molar-refractivity contribution is 5.95. The molecule has 24 heavy (non-hydrogen) atoms. The molecule has 1 fully saturated rings. The Hall–Kier alpha value is -2.40. The summed E-state index contributed by atoms with van der Waals surface area (Å²) in [7, 11) is 0. The maximum absolute atomic E-state index is 12.7. The van der Waals surface area contributed by atoms with Gasteiger partial charge in [0.25, 0.3) is 5.91 Å². The van der Waals surface area contributed by atoms with Crippen molar-refractivity contribution < 1.29 is 4.79 Å². The van der Waals surface area contributed by atoms with Gasteiger partial charge >= 0.3 is 0 Å². The predicted molar refractivity (Wildman–Crippen MR) is 95.6 cm³/mol. The minimum absolute atomic E-state index is 0.0539. The molecule has 5 heteroatoms. The van der Waals surface area contributed by atoms with Crippen LogP contribution in [-0.2, 0) is 13.0 Å². The van der Waals surface area contributed by atoms with Gasteiger partial charge in [-0.25, -0.2) is 4.98 Å². The Kier molecular flexibility index (Phi) is 5.11. The van der Waals surface area contributed by atoms with Crippen LogP contribution in [0.15, 0.2) is 42.5 Å². The third kappa shape index (κ3) is 3.92. The molecule has 0 radical (unpaired) electrons. The van der Waals surface area contributed by atoms with E-state index in [2.05, 4.69) is 34.1 Å². The molecule has 1 aliphatic rings. The summed E-state index contributed by atoms with van der Waals surface area (Å²) in [6.07, 6.45) is 0.774. The van der Waals surface area contributed by atoms with Crippen molar-refractivity contribution >= 4 is 11.7 Å². The van der Waals surface area contributed by atoms with E-state index in [1.807, 2.05) is 24.0 Å². The number of nitrogen functional groups attached to an aromatic ring is 1. The molecule has 2 aromatic rings. The smallest absolute Gasteiger partial charge is 0.254 e. The first-order valence-corrected chi connectivity index (χ1v) is 8.47. The summed E-state index contributed by atoms with van der Waals surface area (Å²) >= 11 is 0. The maximum Gasteiger partial charge on any atom is 0.254 e. The van der Waals surface area contributed by atoms with E-state index in [-0.39, 0.29) is 5.91 Å². The molecule has 0 unspecified atom stereocenters. The first-order valence-electron chi connectivity index (χ1n) is 8.47. The van der Waals surface area contributed by atoms with E-state index in [0.717, 1.165) is 44.8 Å². The van der Waals surface area contributed by atoms with Crippen LogP contribution in [0.25, 0.3) is 0 Å². The topological polar surface area (TPSA) is 62.5 Å². The van der Waals surface area contributed by atoms with Crippen LogP contribution in [-0.4, -0.2) is 46.9 Å². The highest BCUT2D eigenvalue weighted by Crippen LogP contribution is 2.14. The van der Waals surface area contributed by atoms with Crippen molar-refractivity contribution in [1.82, 2.24) is 14.8 Å². The molecule has 1 aliphatic heterocycles. The number of rotatable bonds is 4. The zero-order chi connectivity index (χ0) is 16.9. The lowest BCUT2D eigenvalue weighted by Crippen LogP contribution is -2.48. The van der Waals surface area contributed by atoms with Crippen LogP contribution in [0.2, 0.25) is 0 Å². The molecule has 0 atom stereocenters. The summed E-state index contributed by atoms with van der Waals surface area (Å²) < 4.78 is 0. The zero-order valence-corrected chi connectivity index (χ0v) is 14.1. The Morgan fingerprint density at radius 1 is 1.12 bits per heavy atom. The van der Waals surface area contributed by atoms with Crippen molar-refractivity contribution in [1.29, 1.82) is 0 Å². The van der Waals surface area contributed by atoms with E-state index in [9.17, 15) is 4.79 Å². The number of nitrogens with zero attached hydrogens (tertiary/aromatic N) is 3. The van der Waals surface area contributed by atoms with Gasteiger partial charge in [0, 0.05) is 44.0 Å². The molecule has 5 nitrogen and oxygen atoms in total. The average Bonchev–Trinajstić information content (AvgIpc) is 2.62. The number of pyridine rings is 1. The standard InChI is InChI=1S/C19H24N4O/c1-2-17-12-16(13-18(20)21-17)19(24)23-10-8-22(9-11-23)14-15-6-4-3-5-7-15/h3-7,12-13H,2,8-11,14H2,1H3,(H2,20,21). The summed E-state index contributed by atoms with van der Waals surface area (Å²) in [5.41, 5.74) is 8.64. The van der Waals surface area contributed by atoms with Crippen molar-refractivity contribution in [2.45, 2.75) is 19.9 Å². The fraction of sp³-hybridized carbons (Fsp3) is 0.368. The number of aryl methyl sites for hydroxylation is 1. The number of amides is 1. The zero-order valence-electron chi connectivity index (χ0n) is 14.1. The van der Waals surface area contributed by atoms with Crippen molar-refractivity contribution in [2.24, 2.45) is 0 Å². The Morgan fingerprint density at radius 2 is 1.83 bits per heavy atom. The van der Waals surface area contributed by atoms with Crippen molar-refractivity contribution in [2.75, 3.05) is 31.9 Å². The van der Waals surface area contributed by atoms with Crippen LogP contribution in [0.5, 0.6) is 0 Å². The largest absolute Gasteiger partial charge is 0.384 e. The van der Waals surface area contributed by atoms with Crippen LogP contribution in [0.4, 0.5) is 5.82 Å². The van der Waals surface area contributed by atoms with Gasteiger partial charge in [0.05, 0.1) is 0 Å². The minimum Gasteiger partial charge on any atom is -0.384 e. The van der Waals surface area contributed by atoms with Crippen molar-refractivity contribution in [3.05, 3.63) is 59.3 Å². The van der Waals surface area contributed by atoms with Gasteiger partial charge in [-0.1, -0.05) is 37.3 Å². The molecule has 0 saturated carbocycles. The van der Waals surface area contributed by atoms with Crippen LogP contribution < -0.4 is 5.73 Å². The van der Waals surface area contributed by atoms with Gasteiger partial charge in [0.2, 0.25) is 0 Å². The summed E-state index contributed by atoms with van der Waals surface area (Å²) in [6.45, 7) is 6.22. The first-order chi connectivity index (χ1) is 11.7. The van der Waals surface area contributed by atoms with Gasteiger partial charge in [-0.05, 0) is 24.1 Å². The molecular weight excluding hydrogens is 300 g/mol. The van der Waals surface area contributed by atoms with Crippen LogP contribution in [0.1, 0.15) is 28.5 Å². The van der Waals surface area contributed by atoms with E-state index in [0.29, 0.717) is 11.4 Å². The maximum atomic E-state index is 12.7. The Labute approximate surface area is 143 Å². The molecule has 2 heterocycles. The number of hydrogen-bond donors (Lipinski definition) is 1. The third-order valence-corrected chi connectivity index (χ3v) is 4.42. The number of carbonyl (C=O) groups is 1. The van der Waals surface area contributed by atoms with E-state index in [4.69, 9.17) is 5.73 Å². The quantitative estimate of drug-likeness (QED) is 0.936. The summed E-state index contributed by atoms with van der Waals surface area (Å²) in [4.78, 5) is 21.2. The summed E-state index contributed by atoms with van der Waals surface area (Å²) in [5, 5.41) is 0. The molecule has 0 aliphatic carbocycles. The molecule has 1 aromatic heterocycles. The molecule has 2 N–H and O–H groups in total. The second-order valence-electron chi connectivity index (χ2n) is 6.18. The van der Waals surface area contributed by atoms with Crippen LogP contribution >= 0.6 is 0 Å². The van der Waals surface area contributed by atoms with Gasteiger partial charge < -0.3 is 10.6 Å². The third-order valence-electron chi connectivity index (χ3n) is 4.42. The number of piperazine rings is 1. The average molecular weight is 324 g/mol. The summed E-state index contributed by atoms with van der Waals surface area (Å²) in [5.74, 6) is 0.471. The van der Waals surface area contributed by atoms with Gasteiger partial charge in [-0.3, -0.25) is 9.69 Å². The number of carbonyl (C=O) groups excluding carboxylic acids is 1. The number of nitrogens with two attached hydrogens (primary N) is 1. The molecule has 0 spiro atoms. The van der Waals surface area contributed by atoms with E-state index in [1.165, 1.54) is 5.56 Å². The SMILES string of the molecule is CCc1cc(C(=O)N2CCN(Cc3ccccc3)CC2)cc(N)n1. The van der Waals surface area contributed by atoms with Crippen LogP contribution in [0.3, 0.4) is 0 Å². The molecule has 1 amide bonds. The Balaban J connectivity index is 1.60. The summed E-state index contributed by atoms with van der Waals surface area (Å²) in [6, 6.07) is 14.0. The molecular formula is C19H24N4O. The fourth-order valence-corrected chi connectivity index (χ4v) is 3.05. The number of aromatic nitrogens is 1. The fourth-order valence-electron chi connectivity index (χ4n) is 3.05. The lowest BCUT2D eigenvalue weighted by molar-refractivity contribution is 0.0628. The van der Waals surface area contributed by atoms with Gasteiger partial charge in [0.1, 0.15) is 5.82 Å². The van der Waals surface area contributed by atoms with Crippen LogP contribution in [0, 0.1) is 0 Å². The first kappa shape index (κ1) is 16.5. The predicted octanol–water partition coefficient (Wildman–Crippen LogP) is 2.18. The second-order valence-corrected chi connectivity index (χ2v) is 6.18.